The maximum atomic E-state index is 13.0. The predicted octanol–water partition coefficient (Wildman–Crippen LogP) is 17.8. The van der Waals surface area contributed by atoms with Crippen LogP contribution in [0.3, 0.4) is 0 Å². The average Bonchev–Trinajstić information content (AvgIpc) is 3.46. The van der Waals surface area contributed by atoms with Crippen LogP contribution in [0.25, 0.3) is 0 Å². The van der Waals surface area contributed by atoms with Gasteiger partial charge in [-0.15, -0.1) is 0 Å². The highest BCUT2D eigenvalue weighted by molar-refractivity contribution is 7.47. The fraction of sp³-hybridized carbons (Fsp3) is 0.938. The molecule has 0 aliphatic rings. The number of esters is 4. The Morgan fingerprint density at radius 3 is 0.819 bits per heavy atom. The summed E-state index contributed by atoms with van der Waals surface area (Å²) in [4.78, 5) is 72.1. The number of hydrogen-bond acceptors (Lipinski definition) is 15. The number of phosphoric acid groups is 2. The van der Waals surface area contributed by atoms with Crippen LogP contribution in [0.4, 0.5) is 0 Å². The van der Waals surface area contributed by atoms with Crippen LogP contribution in [0, 0.1) is 5.92 Å². The molecular weight excluding hydrogens is 1100 g/mol. The van der Waals surface area contributed by atoms with Gasteiger partial charge in [-0.25, -0.2) is 9.13 Å². The van der Waals surface area contributed by atoms with E-state index in [0.717, 1.165) is 102 Å². The molecule has 492 valence electrons. The quantitative estimate of drug-likeness (QED) is 0.0222. The van der Waals surface area contributed by atoms with E-state index in [1.54, 1.807) is 0 Å². The van der Waals surface area contributed by atoms with Crippen LogP contribution in [-0.4, -0.2) is 96.7 Å². The van der Waals surface area contributed by atoms with Crippen molar-refractivity contribution in [2.45, 2.75) is 342 Å². The first-order valence-corrected chi connectivity index (χ1v) is 36.6. The van der Waals surface area contributed by atoms with Crippen LogP contribution in [-0.2, 0) is 65.4 Å². The Kier molecular flexibility index (Phi) is 56.4. The Labute approximate surface area is 505 Å². The third-order valence-electron chi connectivity index (χ3n) is 14.8. The first kappa shape index (κ1) is 81.1. The van der Waals surface area contributed by atoms with Gasteiger partial charge in [0.2, 0.25) is 0 Å². The fourth-order valence-electron chi connectivity index (χ4n) is 9.58. The van der Waals surface area contributed by atoms with Crippen molar-refractivity contribution in [1.82, 2.24) is 0 Å². The Morgan fingerprint density at radius 1 is 0.325 bits per heavy atom. The van der Waals surface area contributed by atoms with Crippen molar-refractivity contribution in [3.8, 4) is 0 Å². The van der Waals surface area contributed by atoms with E-state index in [4.69, 9.17) is 37.0 Å². The van der Waals surface area contributed by atoms with E-state index >= 15 is 0 Å². The predicted molar refractivity (Wildman–Crippen MR) is 331 cm³/mol. The molecule has 0 aromatic carbocycles. The molecule has 0 radical (unpaired) electrons. The number of hydrogen-bond donors (Lipinski definition) is 3. The highest BCUT2D eigenvalue weighted by atomic mass is 31.2. The van der Waals surface area contributed by atoms with Crippen molar-refractivity contribution in [2.75, 3.05) is 39.6 Å². The van der Waals surface area contributed by atoms with Crippen molar-refractivity contribution in [1.29, 1.82) is 0 Å². The van der Waals surface area contributed by atoms with Crippen molar-refractivity contribution in [2.24, 2.45) is 5.92 Å². The van der Waals surface area contributed by atoms with Crippen LogP contribution >= 0.6 is 15.6 Å². The second-order valence-electron chi connectivity index (χ2n) is 23.6. The molecule has 0 fully saturated rings. The number of rotatable bonds is 64. The summed E-state index contributed by atoms with van der Waals surface area (Å²) in [5, 5.41) is 10.5. The van der Waals surface area contributed by atoms with Crippen molar-refractivity contribution in [3.05, 3.63) is 0 Å². The first-order chi connectivity index (χ1) is 40.0. The van der Waals surface area contributed by atoms with Gasteiger partial charge in [-0.2, -0.15) is 0 Å². The van der Waals surface area contributed by atoms with Crippen molar-refractivity contribution in [3.63, 3.8) is 0 Å². The van der Waals surface area contributed by atoms with Gasteiger partial charge in [0.1, 0.15) is 19.3 Å². The van der Waals surface area contributed by atoms with E-state index in [-0.39, 0.29) is 25.7 Å². The van der Waals surface area contributed by atoms with Crippen molar-refractivity contribution >= 4 is 39.5 Å². The van der Waals surface area contributed by atoms with Gasteiger partial charge in [0.05, 0.1) is 26.4 Å². The van der Waals surface area contributed by atoms with E-state index < -0.39 is 97.5 Å². The largest absolute Gasteiger partial charge is 0.472 e. The topological polar surface area (TPSA) is 237 Å². The summed E-state index contributed by atoms with van der Waals surface area (Å²) < 4.78 is 67.9. The first-order valence-electron chi connectivity index (χ1n) is 33.6. The smallest absolute Gasteiger partial charge is 0.462 e. The second-order valence-corrected chi connectivity index (χ2v) is 26.5. The molecule has 0 bridgehead atoms. The standard InChI is InChI=1S/C64H124O17P2/c1-6-9-12-15-18-21-24-29-33-38-43-48-62(67)75-54-60(81-64(69)50-45-40-35-30-26-23-25-27-31-36-41-46-57(4)5)56-79-83(72,73)77-52-58(65)51-76-82(70,71)78-55-59(53-74-61(66)47-42-37-32-20-17-14-11-8-3)80-63(68)49-44-39-34-28-22-19-16-13-10-7-2/h57-60,65H,6-56H2,1-5H3,(H,70,71)(H,72,73)/t58-,59+,60+/m0/s1. The Balaban J connectivity index is 5.22. The molecule has 0 heterocycles. The molecule has 2 unspecified atom stereocenters. The second kappa shape index (κ2) is 57.8. The van der Waals surface area contributed by atoms with Gasteiger partial charge >= 0.3 is 39.5 Å². The number of carbonyl (C=O) groups excluding carboxylic acids is 4. The number of aliphatic hydroxyl groups excluding tert-OH is 1. The lowest BCUT2D eigenvalue weighted by Gasteiger charge is -2.21. The molecule has 3 N–H and O–H groups in total. The molecule has 83 heavy (non-hydrogen) atoms. The minimum absolute atomic E-state index is 0.106. The number of carbonyl (C=O) groups is 4. The summed E-state index contributed by atoms with van der Waals surface area (Å²) in [6.45, 7) is 7.16. The molecule has 0 spiro atoms. The number of phosphoric ester groups is 2. The summed E-state index contributed by atoms with van der Waals surface area (Å²) in [7, 11) is -9.88. The highest BCUT2D eigenvalue weighted by Crippen LogP contribution is 2.45. The number of ether oxygens (including phenoxy) is 4. The van der Waals surface area contributed by atoms with E-state index in [1.165, 1.54) is 141 Å². The SMILES string of the molecule is CCCCCCCCCCCCCC(=O)OC[C@H](COP(=O)(O)OC[C@@H](O)COP(=O)(O)OC[C@@H](COC(=O)CCCCCCCCCC)OC(=O)CCCCCCCCCCCC)OC(=O)CCCCCCCCCCCCCC(C)C. The zero-order valence-corrected chi connectivity index (χ0v) is 55.1. The zero-order valence-electron chi connectivity index (χ0n) is 53.3. The minimum Gasteiger partial charge on any atom is -0.462 e. The third kappa shape index (κ3) is 58.8. The maximum absolute atomic E-state index is 13.0. The van der Waals surface area contributed by atoms with Crippen molar-refractivity contribution < 1.29 is 80.2 Å². The van der Waals surface area contributed by atoms with Gasteiger partial charge in [-0.05, 0) is 31.6 Å². The van der Waals surface area contributed by atoms with E-state index in [1.807, 2.05) is 0 Å². The lowest BCUT2D eigenvalue weighted by molar-refractivity contribution is -0.161. The fourth-order valence-corrected chi connectivity index (χ4v) is 11.2. The molecule has 0 saturated carbocycles. The molecule has 17 nitrogen and oxygen atoms in total. The molecule has 0 aromatic heterocycles. The van der Waals surface area contributed by atoms with Gasteiger partial charge < -0.3 is 33.8 Å². The van der Waals surface area contributed by atoms with Crippen LogP contribution in [0.1, 0.15) is 324 Å². The van der Waals surface area contributed by atoms with Gasteiger partial charge in [-0.1, -0.05) is 272 Å². The summed E-state index contributed by atoms with van der Waals surface area (Å²) in [6.07, 6.45) is 41.6. The minimum atomic E-state index is -4.94. The number of aliphatic hydroxyl groups is 1. The average molecular weight is 1230 g/mol. The lowest BCUT2D eigenvalue weighted by Crippen LogP contribution is -2.30. The molecule has 19 heteroatoms. The summed E-state index contributed by atoms with van der Waals surface area (Å²) in [5.74, 6) is -1.37. The summed E-state index contributed by atoms with van der Waals surface area (Å²) in [5.41, 5.74) is 0. The van der Waals surface area contributed by atoms with E-state index in [9.17, 15) is 43.2 Å². The van der Waals surface area contributed by atoms with Crippen LogP contribution in [0.2, 0.25) is 0 Å². The van der Waals surface area contributed by atoms with Crippen LogP contribution in [0.5, 0.6) is 0 Å². The normalized spacial score (nSPS) is 14.2. The molecule has 0 amide bonds. The molecular formula is C64H124O17P2. The summed E-state index contributed by atoms with van der Waals surface area (Å²) in [6, 6.07) is 0. The van der Waals surface area contributed by atoms with E-state index in [0.29, 0.717) is 25.7 Å². The van der Waals surface area contributed by atoms with Gasteiger partial charge in [0.15, 0.2) is 12.2 Å². The Morgan fingerprint density at radius 2 is 0.554 bits per heavy atom. The van der Waals surface area contributed by atoms with Gasteiger partial charge in [-0.3, -0.25) is 37.3 Å². The summed E-state index contributed by atoms with van der Waals surface area (Å²) >= 11 is 0. The zero-order chi connectivity index (χ0) is 61.3. The van der Waals surface area contributed by atoms with Crippen LogP contribution < -0.4 is 0 Å². The van der Waals surface area contributed by atoms with E-state index in [2.05, 4.69) is 34.6 Å². The number of unbranched alkanes of at least 4 members (excludes halogenated alkanes) is 36. The lowest BCUT2D eigenvalue weighted by atomic mass is 10.0. The Bertz CT molecular complexity index is 1620. The molecule has 0 aliphatic carbocycles. The highest BCUT2D eigenvalue weighted by Gasteiger charge is 2.30. The maximum Gasteiger partial charge on any atom is 0.472 e. The van der Waals surface area contributed by atoms with Crippen LogP contribution in [0.15, 0.2) is 0 Å². The Hall–Kier alpha value is -1.94. The molecule has 5 atom stereocenters. The molecule has 0 aromatic rings. The van der Waals surface area contributed by atoms with Gasteiger partial charge in [0, 0.05) is 25.7 Å². The van der Waals surface area contributed by atoms with Gasteiger partial charge in [0.25, 0.3) is 0 Å². The monoisotopic (exact) mass is 1230 g/mol. The third-order valence-corrected chi connectivity index (χ3v) is 16.7. The molecule has 0 rings (SSSR count). The molecule has 0 saturated heterocycles. The molecule has 0 aliphatic heterocycles.